The van der Waals surface area contributed by atoms with Crippen molar-refractivity contribution in [2.45, 2.75) is 25.9 Å². The van der Waals surface area contributed by atoms with Crippen molar-refractivity contribution < 1.29 is 19.1 Å². The number of ether oxygens (including phenoxy) is 1. The quantitative estimate of drug-likeness (QED) is 0.639. The van der Waals surface area contributed by atoms with E-state index in [0.717, 1.165) is 0 Å². The lowest BCUT2D eigenvalue weighted by atomic mass is 9.75. The number of rotatable bonds is 1. The smallest absolute Gasteiger partial charge is 0.349 e. The number of nitriles is 1. The Morgan fingerprint density at radius 2 is 2.06 bits per heavy atom. The van der Waals surface area contributed by atoms with Crippen LogP contribution in [0.25, 0.3) is 0 Å². The molecule has 0 radical (unpaired) electrons. The van der Waals surface area contributed by atoms with Crippen LogP contribution < -0.4 is 0 Å². The van der Waals surface area contributed by atoms with Gasteiger partial charge in [-0.15, -0.1) is 0 Å². The molecular weight excluding hydrogens is 234 g/mol. The Morgan fingerprint density at radius 3 is 2.61 bits per heavy atom. The Bertz CT molecular complexity index is 564. The van der Waals surface area contributed by atoms with Crippen molar-refractivity contribution in [3.63, 3.8) is 0 Å². The highest BCUT2D eigenvalue weighted by Crippen LogP contribution is 2.41. The van der Waals surface area contributed by atoms with Crippen LogP contribution in [0.15, 0.2) is 23.3 Å². The van der Waals surface area contributed by atoms with Gasteiger partial charge in [0.1, 0.15) is 17.2 Å². The summed E-state index contributed by atoms with van der Waals surface area (Å²) in [5, 5.41) is 8.88. The lowest BCUT2D eigenvalue weighted by Gasteiger charge is -2.33. The number of cyclic esters (lactones) is 1. The van der Waals surface area contributed by atoms with Gasteiger partial charge in [0.05, 0.1) is 5.92 Å². The number of hydrogen-bond acceptors (Lipinski definition) is 5. The number of allylic oxidation sites excluding steroid dienone is 2. The van der Waals surface area contributed by atoms with Crippen LogP contribution in [0.4, 0.5) is 0 Å². The van der Waals surface area contributed by atoms with Crippen molar-refractivity contribution in [2.24, 2.45) is 5.92 Å². The number of hydrogen-bond donors (Lipinski definition) is 0. The molecule has 2 rings (SSSR count). The summed E-state index contributed by atoms with van der Waals surface area (Å²) in [7, 11) is 0. The van der Waals surface area contributed by atoms with Gasteiger partial charge in [-0.05, 0) is 31.6 Å². The van der Waals surface area contributed by atoms with Gasteiger partial charge in [0, 0.05) is 6.42 Å². The molecule has 0 unspecified atom stereocenters. The Balaban J connectivity index is 2.46. The van der Waals surface area contributed by atoms with E-state index in [1.54, 1.807) is 19.9 Å². The zero-order valence-corrected chi connectivity index (χ0v) is 10.0. The van der Waals surface area contributed by atoms with Crippen LogP contribution >= 0.6 is 0 Å². The van der Waals surface area contributed by atoms with Crippen LogP contribution in [0.3, 0.4) is 0 Å². The number of carbonyl (C=O) groups is 3. The van der Waals surface area contributed by atoms with Crippen LogP contribution in [0.1, 0.15) is 20.3 Å². The molecule has 2 aliphatic rings. The third kappa shape index (κ3) is 1.58. The minimum absolute atomic E-state index is 0.00480. The second-order valence-electron chi connectivity index (χ2n) is 4.57. The first-order valence-electron chi connectivity index (χ1n) is 5.49. The summed E-state index contributed by atoms with van der Waals surface area (Å²) in [5.41, 5.74) is -0.858. The van der Waals surface area contributed by atoms with Crippen molar-refractivity contribution >= 4 is 17.5 Å². The van der Waals surface area contributed by atoms with Crippen LogP contribution in [0.2, 0.25) is 0 Å². The molecule has 0 fully saturated rings. The van der Waals surface area contributed by atoms with E-state index in [-0.39, 0.29) is 23.6 Å². The van der Waals surface area contributed by atoms with Crippen LogP contribution in [0, 0.1) is 17.2 Å². The standard InChI is InChI=1S/C13H11NO4/c1-7-9(6-14)12(17)18-13(7,2)10-5-8(15)3-4-11(10)16/h3-4,10H,5H2,1-2H3/t10-,13-/m1/s1. The van der Waals surface area contributed by atoms with Gasteiger partial charge in [-0.1, -0.05) is 0 Å². The lowest BCUT2D eigenvalue weighted by molar-refractivity contribution is -0.153. The first-order chi connectivity index (χ1) is 8.40. The van der Waals surface area contributed by atoms with Crippen molar-refractivity contribution in [1.29, 1.82) is 5.26 Å². The average molecular weight is 245 g/mol. The largest absolute Gasteiger partial charge is 0.450 e. The molecule has 1 aliphatic heterocycles. The predicted octanol–water partition coefficient (Wildman–Crippen LogP) is 0.856. The summed E-state index contributed by atoms with van der Waals surface area (Å²) < 4.78 is 5.18. The second kappa shape index (κ2) is 3.91. The molecular formula is C13H11NO4. The molecule has 1 heterocycles. The van der Waals surface area contributed by atoms with Crippen LogP contribution in [-0.4, -0.2) is 23.1 Å². The monoisotopic (exact) mass is 245 g/mol. The van der Waals surface area contributed by atoms with Gasteiger partial charge in [-0.2, -0.15) is 5.26 Å². The van der Waals surface area contributed by atoms with Gasteiger partial charge in [-0.25, -0.2) is 4.79 Å². The van der Waals surface area contributed by atoms with E-state index in [4.69, 9.17) is 10.00 Å². The van der Waals surface area contributed by atoms with Gasteiger partial charge in [-0.3, -0.25) is 9.59 Å². The molecule has 1 aliphatic carbocycles. The van der Waals surface area contributed by atoms with Crippen molar-refractivity contribution in [3.05, 3.63) is 23.3 Å². The Morgan fingerprint density at radius 1 is 1.39 bits per heavy atom. The number of esters is 1. The van der Waals surface area contributed by atoms with Gasteiger partial charge < -0.3 is 4.74 Å². The molecule has 0 saturated heterocycles. The number of ketones is 2. The topological polar surface area (TPSA) is 84.2 Å². The van der Waals surface area contributed by atoms with Gasteiger partial charge in [0.2, 0.25) is 0 Å². The van der Waals surface area contributed by atoms with E-state index in [1.807, 2.05) is 0 Å². The van der Waals surface area contributed by atoms with E-state index >= 15 is 0 Å². The van der Waals surface area contributed by atoms with Crippen LogP contribution in [0.5, 0.6) is 0 Å². The normalized spacial score (nSPS) is 31.6. The molecule has 0 spiro atoms. The first kappa shape index (κ1) is 12.2. The highest BCUT2D eigenvalue weighted by molar-refractivity contribution is 6.07. The Labute approximate surface area is 104 Å². The van der Waals surface area contributed by atoms with E-state index in [1.165, 1.54) is 12.2 Å². The zero-order valence-electron chi connectivity index (χ0n) is 10.0. The first-order valence-corrected chi connectivity index (χ1v) is 5.49. The fourth-order valence-corrected chi connectivity index (χ4v) is 2.31. The van der Waals surface area contributed by atoms with Crippen molar-refractivity contribution in [1.82, 2.24) is 0 Å². The number of nitrogens with zero attached hydrogens (tertiary/aromatic N) is 1. The highest BCUT2D eigenvalue weighted by Gasteiger charge is 2.50. The molecule has 5 nitrogen and oxygen atoms in total. The SMILES string of the molecule is CC1=C(C#N)C(=O)O[C@@]1(C)[C@@H]1CC(=O)C=CC1=O. The third-order valence-electron chi connectivity index (χ3n) is 3.59. The number of carbonyl (C=O) groups excluding carboxylic acids is 3. The predicted molar refractivity (Wildman–Crippen MR) is 60.1 cm³/mol. The summed E-state index contributed by atoms with van der Waals surface area (Å²) >= 11 is 0. The van der Waals surface area contributed by atoms with Gasteiger partial charge >= 0.3 is 5.97 Å². The van der Waals surface area contributed by atoms with Gasteiger partial charge in [0.15, 0.2) is 11.6 Å². The van der Waals surface area contributed by atoms with Crippen LogP contribution in [-0.2, 0) is 19.1 Å². The molecule has 0 N–H and O–H groups in total. The molecule has 0 amide bonds. The second-order valence-corrected chi connectivity index (χ2v) is 4.57. The molecule has 5 heteroatoms. The molecule has 0 aromatic heterocycles. The minimum atomic E-state index is -1.19. The molecule has 0 aromatic carbocycles. The summed E-state index contributed by atoms with van der Waals surface area (Å²) in [6.45, 7) is 3.15. The van der Waals surface area contributed by atoms with E-state index < -0.39 is 17.5 Å². The fraction of sp³-hybridized carbons (Fsp3) is 0.385. The highest BCUT2D eigenvalue weighted by atomic mass is 16.6. The Kier molecular flexibility index (Phi) is 2.66. The summed E-state index contributed by atoms with van der Waals surface area (Å²) in [6.07, 6.45) is 2.42. The summed E-state index contributed by atoms with van der Waals surface area (Å²) in [6, 6.07) is 1.77. The third-order valence-corrected chi connectivity index (χ3v) is 3.59. The molecule has 0 saturated carbocycles. The molecule has 92 valence electrons. The molecule has 18 heavy (non-hydrogen) atoms. The van der Waals surface area contributed by atoms with E-state index in [0.29, 0.717) is 5.57 Å². The maximum atomic E-state index is 11.8. The fourth-order valence-electron chi connectivity index (χ4n) is 2.31. The van der Waals surface area contributed by atoms with Crippen molar-refractivity contribution in [2.75, 3.05) is 0 Å². The summed E-state index contributed by atoms with van der Waals surface area (Å²) in [5.74, 6) is -1.92. The van der Waals surface area contributed by atoms with E-state index in [2.05, 4.69) is 0 Å². The molecule has 2 atom stereocenters. The zero-order chi connectivity index (χ0) is 13.5. The van der Waals surface area contributed by atoms with Gasteiger partial charge in [0.25, 0.3) is 0 Å². The summed E-state index contributed by atoms with van der Waals surface area (Å²) in [4.78, 5) is 34.8. The average Bonchev–Trinajstić information content (AvgIpc) is 2.54. The lowest BCUT2D eigenvalue weighted by Crippen LogP contribution is -2.43. The molecule has 0 bridgehead atoms. The van der Waals surface area contributed by atoms with E-state index in [9.17, 15) is 14.4 Å². The maximum Gasteiger partial charge on any atom is 0.349 e. The maximum absolute atomic E-state index is 11.8. The minimum Gasteiger partial charge on any atom is -0.450 e. The van der Waals surface area contributed by atoms with Crippen molar-refractivity contribution in [3.8, 4) is 6.07 Å². The molecule has 0 aromatic rings. The Hall–Kier alpha value is -2.22.